The van der Waals surface area contributed by atoms with Crippen molar-refractivity contribution >= 4 is 15.9 Å². The highest BCUT2D eigenvalue weighted by Crippen LogP contribution is 2.23. The van der Waals surface area contributed by atoms with Gasteiger partial charge in [0.05, 0.1) is 24.9 Å². The van der Waals surface area contributed by atoms with E-state index in [0.29, 0.717) is 13.2 Å². The van der Waals surface area contributed by atoms with Crippen molar-refractivity contribution in [1.82, 2.24) is 0 Å². The van der Waals surface area contributed by atoms with Gasteiger partial charge in [-0.15, -0.1) is 0 Å². The predicted octanol–water partition coefficient (Wildman–Crippen LogP) is 4.26. The molecule has 102 valence electrons. The molecule has 0 N–H and O–H groups in total. The number of halogens is 1. The van der Waals surface area contributed by atoms with Crippen LogP contribution in [0.4, 0.5) is 0 Å². The van der Waals surface area contributed by atoms with E-state index in [4.69, 9.17) is 9.47 Å². The second-order valence-electron chi connectivity index (χ2n) is 5.33. The molecule has 1 unspecified atom stereocenters. The van der Waals surface area contributed by atoms with Gasteiger partial charge in [-0.1, -0.05) is 40.2 Å². The van der Waals surface area contributed by atoms with Crippen molar-refractivity contribution in [3.05, 3.63) is 35.4 Å². The van der Waals surface area contributed by atoms with Gasteiger partial charge in [0.2, 0.25) is 0 Å². The van der Waals surface area contributed by atoms with E-state index >= 15 is 0 Å². The van der Waals surface area contributed by atoms with Crippen molar-refractivity contribution in [1.29, 1.82) is 0 Å². The third-order valence-electron chi connectivity index (χ3n) is 2.61. The Kier molecular flexibility index (Phi) is 6.33. The smallest absolute Gasteiger partial charge is 0.0925 e. The van der Waals surface area contributed by atoms with Gasteiger partial charge >= 0.3 is 0 Å². The number of benzene rings is 1. The number of ether oxygens (including phenoxy) is 2. The molecule has 0 fully saturated rings. The number of rotatable bonds is 6. The van der Waals surface area contributed by atoms with Crippen molar-refractivity contribution in [2.45, 2.75) is 39.4 Å². The summed E-state index contributed by atoms with van der Waals surface area (Å²) in [4.78, 5) is 0. The maximum absolute atomic E-state index is 5.88. The predicted molar refractivity (Wildman–Crippen MR) is 79.4 cm³/mol. The molecule has 0 aliphatic rings. The Balaban J connectivity index is 2.46. The molecule has 0 saturated carbocycles. The lowest BCUT2D eigenvalue weighted by Gasteiger charge is -2.22. The van der Waals surface area contributed by atoms with Gasteiger partial charge in [-0.25, -0.2) is 0 Å². The highest BCUT2D eigenvalue weighted by atomic mass is 79.9. The molecule has 1 aromatic carbocycles. The second kappa shape index (κ2) is 7.27. The Bertz CT molecular complexity index is 358. The lowest BCUT2D eigenvalue weighted by molar-refractivity contribution is -0.0481. The average Bonchev–Trinajstić information content (AvgIpc) is 2.29. The average molecular weight is 315 g/mol. The van der Waals surface area contributed by atoms with Crippen LogP contribution < -0.4 is 0 Å². The first-order valence-electron chi connectivity index (χ1n) is 6.31. The van der Waals surface area contributed by atoms with Crippen LogP contribution >= 0.6 is 15.9 Å². The molecule has 0 aromatic heterocycles. The summed E-state index contributed by atoms with van der Waals surface area (Å²) < 4.78 is 11.5. The van der Waals surface area contributed by atoms with Crippen LogP contribution in [0, 0.1) is 6.92 Å². The summed E-state index contributed by atoms with van der Waals surface area (Å²) in [5, 5.41) is 0.799. The Labute approximate surface area is 119 Å². The normalized spacial score (nSPS) is 13.6. The van der Waals surface area contributed by atoms with Crippen LogP contribution in [0.3, 0.4) is 0 Å². The van der Waals surface area contributed by atoms with Crippen molar-refractivity contribution < 1.29 is 9.47 Å². The van der Waals surface area contributed by atoms with Gasteiger partial charge < -0.3 is 9.47 Å². The van der Waals surface area contributed by atoms with Crippen molar-refractivity contribution in [3.63, 3.8) is 0 Å². The van der Waals surface area contributed by atoms with E-state index in [1.54, 1.807) is 0 Å². The van der Waals surface area contributed by atoms with E-state index in [0.717, 1.165) is 5.33 Å². The molecule has 0 radical (unpaired) electrons. The number of hydrogen-bond donors (Lipinski definition) is 0. The topological polar surface area (TPSA) is 18.5 Å². The molecule has 0 bridgehead atoms. The zero-order valence-electron chi connectivity index (χ0n) is 11.7. The molecule has 1 rings (SSSR count). The first-order valence-corrected chi connectivity index (χ1v) is 7.43. The van der Waals surface area contributed by atoms with Crippen molar-refractivity contribution in [3.8, 4) is 0 Å². The monoisotopic (exact) mass is 314 g/mol. The van der Waals surface area contributed by atoms with Gasteiger partial charge in [0.15, 0.2) is 0 Å². The molecular formula is C15H23BrO2. The first kappa shape index (κ1) is 15.7. The van der Waals surface area contributed by atoms with Crippen LogP contribution in [0.2, 0.25) is 0 Å². The van der Waals surface area contributed by atoms with Crippen molar-refractivity contribution in [2.75, 3.05) is 18.5 Å². The third kappa shape index (κ3) is 5.51. The molecular weight excluding hydrogens is 292 g/mol. The summed E-state index contributed by atoms with van der Waals surface area (Å²) in [5.74, 6) is 0. The molecule has 0 heterocycles. The fraction of sp³-hybridized carbons (Fsp3) is 0.600. The van der Waals surface area contributed by atoms with Gasteiger partial charge in [0.1, 0.15) is 0 Å². The maximum Gasteiger partial charge on any atom is 0.0925 e. The molecule has 0 spiro atoms. The van der Waals surface area contributed by atoms with Gasteiger partial charge in [-0.3, -0.25) is 0 Å². The van der Waals surface area contributed by atoms with Crippen LogP contribution in [0.15, 0.2) is 24.3 Å². The Morgan fingerprint density at radius 2 is 1.83 bits per heavy atom. The van der Waals surface area contributed by atoms with Gasteiger partial charge in [0, 0.05) is 5.33 Å². The van der Waals surface area contributed by atoms with Gasteiger partial charge in [-0.2, -0.15) is 0 Å². The number of aryl methyl sites for hydroxylation is 1. The minimum absolute atomic E-state index is 0.0924. The second-order valence-corrected chi connectivity index (χ2v) is 5.98. The summed E-state index contributed by atoms with van der Waals surface area (Å²) in [6, 6.07) is 8.33. The van der Waals surface area contributed by atoms with E-state index in [-0.39, 0.29) is 11.7 Å². The summed E-state index contributed by atoms with van der Waals surface area (Å²) in [7, 11) is 0. The van der Waals surface area contributed by atoms with Gasteiger partial charge in [0.25, 0.3) is 0 Å². The summed E-state index contributed by atoms with van der Waals surface area (Å²) in [5.41, 5.74) is 2.40. The maximum atomic E-state index is 5.88. The number of alkyl halides is 1. The van der Waals surface area contributed by atoms with Crippen LogP contribution in [0.1, 0.15) is 38.0 Å². The summed E-state index contributed by atoms with van der Waals surface area (Å²) in [6.07, 6.45) is 0.0924. The van der Waals surface area contributed by atoms with Gasteiger partial charge in [-0.05, 0) is 38.8 Å². The van der Waals surface area contributed by atoms with E-state index in [1.165, 1.54) is 11.1 Å². The Hall–Kier alpha value is -0.380. The molecule has 0 amide bonds. The molecule has 0 aliphatic heterocycles. The zero-order chi connectivity index (χ0) is 13.6. The Morgan fingerprint density at radius 1 is 1.17 bits per heavy atom. The molecule has 18 heavy (non-hydrogen) atoms. The lowest BCUT2D eigenvalue weighted by atomic mass is 10.0. The fourth-order valence-corrected chi connectivity index (χ4v) is 2.24. The number of hydrogen-bond acceptors (Lipinski definition) is 2. The first-order chi connectivity index (χ1) is 8.44. The van der Waals surface area contributed by atoms with Crippen LogP contribution in [-0.4, -0.2) is 24.1 Å². The molecule has 1 atom stereocenters. The van der Waals surface area contributed by atoms with Crippen molar-refractivity contribution in [2.24, 2.45) is 0 Å². The van der Waals surface area contributed by atoms with Crippen LogP contribution in [0.5, 0.6) is 0 Å². The van der Waals surface area contributed by atoms with E-state index in [9.17, 15) is 0 Å². The van der Waals surface area contributed by atoms with E-state index in [2.05, 4.69) is 55.8 Å². The summed E-state index contributed by atoms with van der Waals surface area (Å²) in [6.45, 7) is 9.50. The quantitative estimate of drug-likeness (QED) is 0.577. The molecule has 0 saturated heterocycles. The minimum Gasteiger partial charge on any atom is -0.373 e. The fourth-order valence-electron chi connectivity index (χ4n) is 1.70. The van der Waals surface area contributed by atoms with E-state index < -0.39 is 0 Å². The Morgan fingerprint density at radius 3 is 2.39 bits per heavy atom. The molecule has 2 nitrogen and oxygen atoms in total. The largest absolute Gasteiger partial charge is 0.373 e. The molecule has 1 aromatic rings. The molecule has 0 aliphatic carbocycles. The highest BCUT2D eigenvalue weighted by Gasteiger charge is 2.14. The standard InChI is InChI=1S/C15H23BrO2/c1-12-7-5-6-8-13(12)14(11-16)17-9-10-18-15(2,3)4/h5-8,14H,9-11H2,1-4H3. The third-order valence-corrected chi connectivity index (χ3v) is 3.20. The SMILES string of the molecule is Cc1ccccc1C(CBr)OCCOC(C)(C)C. The summed E-state index contributed by atoms with van der Waals surface area (Å²) >= 11 is 3.51. The zero-order valence-corrected chi connectivity index (χ0v) is 13.3. The highest BCUT2D eigenvalue weighted by molar-refractivity contribution is 9.09. The minimum atomic E-state index is -0.101. The molecule has 3 heteroatoms. The van der Waals surface area contributed by atoms with Crippen LogP contribution in [0.25, 0.3) is 0 Å². The lowest BCUT2D eigenvalue weighted by Crippen LogP contribution is -2.22. The van der Waals surface area contributed by atoms with Crippen LogP contribution in [-0.2, 0) is 9.47 Å². The van der Waals surface area contributed by atoms with E-state index in [1.807, 2.05) is 12.1 Å².